The van der Waals surface area contributed by atoms with E-state index in [1.165, 1.54) is 12.3 Å². The van der Waals surface area contributed by atoms with E-state index in [9.17, 15) is 10.5 Å². The second kappa shape index (κ2) is 11.1. The fraction of sp³-hybridized carbons (Fsp3) is 0.219. The van der Waals surface area contributed by atoms with E-state index in [2.05, 4.69) is 45.6 Å². The maximum Gasteiger partial charge on any atom is 0.151 e. The maximum absolute atomic E-state index is 15.7. The first-order valence-corrected chi connectivity index (χ1v) is 14.1. The van der Waals surface area contributed by atoms with Gasteiger partial charge in [-0.15, -0.1) is 5.53 Å². The van der Waals surface area contributed by atoms with E-state index in [-0.39, 0.29) is 11.6 Å². The van der Waals surface area contributed by atoms with Crippen molar-refractivity contribution in [2.24, 2.45) is 0 Å². The molecule has 8 nitrogen and oxygen atoms in total. The van der Waals surface area contributed by atoms with E-state index < -0.39 is 11.3 Å². The van der Waals surface area contributed by atoms with Gasteiger partial charge in [0.25, 0.3) is 0 Å². The first kappa shape index (κ1) is 27.1. The lowest BCUT2D eigenvalue weighted by Gasteiger charge is -2.34. The number of fused-ring (bicyclic) bond motifs is 1. The third-order valence-electron chi connectivity index (χ3n) is 8.00. The van der Waals surface area contributed by atoms with Crippen LogP contribution in [0.4, 0.5) is 15.8 Å². The molecule has 0 radical (unpaired) electrons. The van der Waals surface area contributed by atoms with E-state index in [0.29, 0.717) is 33.9 Å². The Bertz CT molecular complexity index is 1760. The molecule has 2 atom stereocenters. The number of hydrogen-bond donors (Lipinski definition) is 4. The van der Waals surface area contributed by atoms with Crippen molar-refractivity contribution in [1.29, 1.82) is 10.5 Å². The van der Waals surface area contributed by atoms with E-state index >= 15 is 4.39 Å². The predicted octanol–water partition coefficient (Wildman–Crippen LogP) is 4.91. The van der Waals surface area contributed by atoms with Gasteiger partial charge >= 0.3 is 0 Å². The lowest BCUT2D eigenvalue weighted by molar-refractivity contribution is 0.260. The van der Waals surface area contributed by atoms with Gasteiger partial charge in [0.1, 0.15) is 19.4 Å². The van der Waals surface area contributed by atoms with E-state index in [0.717, 1.165) is 36.1 Å². The summed E-state index contributed by atoms with van der Waals surface area (Å²) >= 11 is 0. The summed E-state index contributed by atoms with van der Waals surface area (Å²) < 4.78 is 15.7. The number of aromatic nitrogens is 1. The summed E-state index contributed by atoms with van der Waals surface area (Å²) in [4.78, 5) is 4.31. The number of hydrazine groups is 2. The largest absolute Gasteiger partial charge is 0.378 e. The summed E-state index contributed by atoms with van der Waals surface area (Å²) in [5.41, 5.74) is 10.4. The lowest BCUT2D eigenvalue weighted by atomic mass is 9.69. The smallest absolute Gasteiger partial charge is 0.151 e. The SMILES string of the molecule is BC(Nc1cc(F)c2ncc(C#N)c(N[C@H](CC)c3ccccc3)c2c1)(C1=CN(C2CC2)NN1)c1cccc(C#N)c1. The Morgan fingerprint density at radius 3 is 2.64 bits per heavy atom. The number of benzene rings is 3. The molecule has 4 N–H and O–H groups in total. The van der Waals surface area contributed by atoms with Crippen molar-refractivity contribution in [3.63, 3.8) is 0 Å². The first-order valence-electron chi connectivity index (χ1n) is 14.1. The van der Waals surface area contributed by atoms with Crippen LogP contribution in [0.25, 0.3) is 10.9 Å². The molecule has 2 aliphatic rings. The number of nitriles is 2. The van der Waals surface area contributed by atoms with E-state index in [4.69, 9.17) is 0 Å². The first-order chi connectivity index (χ1) is 20.4. The fourth-order valence-corrected chi connectivity index (χ4v) is 5.47. The number of anilines is 2. The Balaban J connectivity index is 1.45. The topological polar surface area (TPSA) is 112 Å². The van der Waals surface area contributed by atoms with Gasteiger partial charge in [-0.25, -0.2) is 4.39 Å². The third-order valence-corrected chi connectivity index (χ3v) is 8.00. The summed E-state index contributed by atoms with van der Waals surface area (Å²) in [6, 6.07) is 25.4. The van der Waals surface area contributed by atoms with Gasteiger partial charge in [0.05, 0.1) is 40.1 Å². The molecule has 1 fully saturated rings. The monoisotopic (exact) mass is 556 g/mol. The zero-order chi connectivity index (χ0) is 29.3. The van der Waals surface area contributed by atoms with Crippen LogP contribution >= 0.6 is 0 Å². The van der Waals surface area contributed by atoms with Gasteiger partial charge < -0.3 is 16.1 Å². The van der Waals surface area contributed by atoms with Crippen LogP contribution in [0.3, 0.4) is 0 Å². The van der Waals surface area contributed by atoms with Crippen LogP contribution in [0.1, 0.15) is 54.5 Å². The van der Waals surface area contributed by atoms with Crippen molar-refractivity contribution in [1.82, 2.24) is 21.0 Å². The van der Waals surface area contributed by atoms with Crippen molar-refractivity contribution >= 4 is 30.1 Å². The number of rotatable bonds is 9. The summed E-state index contributed by atoms with van der Waals surface area (Å²) in [5.74, 6) is -0.505. The van der Waals surface area contributed by atoms with Crippen molar-refractivity contribution in [2.75, 3.05) is 10.6 Å². The van der Waals surface area contributed by atoms with Crippen molar-refractivity contribution in [3.05, 3.63) is 113 Å². The van der Waals surface area contributed by atoms with Gasteiger partial charge in [0, 0.05) is 29.5 Å². The summed E-state index contributed by atoms with van der Waals surface area (Å²) in [5, 5.41) is 29.2. The molecule has 6 rings (SSSR count). The quantitative estimate of drug-likeness (QED) is 0.215. The molecule has 1 saturated carbocycles. The molecule has 4 aromatic rings. The molecule has 0 bridgehead atoms. The molecule has 208 valence electrons. The highest BCUT2D eigenvalue weighted by molar-refractivity contribution is 6.19. The predicted molar refractivity (Wildman–Crippen MR) is 164 cm³/mol. The molecule has 42 heavy (non-hydrogen) atoms. The molecule has 0 spiro atoms. The second-order valence-electron chi connectivity index (χ2n) is 10.9. The Morgan fingerprint density at radius 1 is 1.12 bits per heavy atom. The van der Waals surface area contributed by atoms with Crippen LogP contribution < -0.4 is 21.6 Å². The van der Waals surface area contributed by atoms with Gasteiger partial charge in [-0.2, -0.15) is 10.5 Å². The maximum atomic E-state index is 15.7. The normalized spacial score (nSPS) is 16.5. The van der Waals surface area contributed by atoms with Crippen LogP contribution in [-0.2, 0) is 5.44 Å². The minimum absolute atomic E-state index is 0.0881. The fourth-order valence-electron chi connectivity index (χ4n) is 5.47. The average Bonchev–Trinajstić information content (AvgIpc) is 3.75. The molecule has 0 saturated heterocycles. The molecule has 0 amide bonds. The van der Waals surface area contributed by atoms with Crippen molar-refractivity contribution in [2.45, 2.75) is 43.7 Å². The molecular formula is C32H30BFN8. The molecule has 1 aliphatic carbocycles. The number of nitrogens with one attached hydrogen (secondary N) is 4. The lowest BCUT2D eigenvalue weighted by Crippen LogP contribution is -2.45. The van der Waals surface area contributed by atoms with E-state index in [1.54, 1.807) is 6.07 Å². The van der Waals surface area contributed by atoms with Crippen LogP contribution in [0.5, 0.6) is 0 Å². The standard InChI is InChI=1S/C32H30BFN8/c1-2-28(21-8-4-3-5-9-21)38-30-22(17-36)18-37-31-26(30)14-24(15-27(31)34)39-32(33,23-10-6-7-20(13-23)16-35)29-19-42(41-40-29)25-11-12-25/h3-10,13-15,18-19,25,28,39-41H,2,11-12,33H2,1H3,(H,37,38)/t28-,32?/m1/s1. The summed E-state index contributed by atoms with van der Waals surface area (Å²) in [7, 11) is 1.99. The molecule has 10 heteroatoms. The Hall–Kier alpha value is -5.06. The second-order valence-corrected chi connectivity index (χ2v) is 10.9. The Labute approximate surface area is 245 Å². The van der Waals surface area contributed by atoms with Crippen LogP contribution in [0.15, 0.2) is 84.8 Å². The third kappa shape index (κ3) is 5.09. The Kier molecular flexibility index (Phi) is 7.16. The van der Waals surface area contributed by atoms with Gasteiger partial charge in [-0.1, -0.05) is 49.4 Å². The van der Waals surface area contributed by atoms with Crippen LogP contribution in [0, 0.1) is 28.5 Å². The molecule has 1 unspecified atom stereocenters. The van der Waals surface area contributed by atoms with Crippen LogP contribution in [0.2, 0.25) is 0 Å². The van der Waals surface area contributed by atoms with Gasteiger partial charge in [0.2, 0.25) is 0 Å². The minimum atomic E-state index is -0.868. The number of pyridine rings is 1. The van der Waals surface area contributed by atoms with Gasteiger partial charge in [-0.3, -0.25) is 9.99 Å². The highest BCUT2D eigenvalue weighted by Gasteiger charge is 2.38. The van der Waals surface area contributed by atoms with E-state index in [1.807, 2.05) is 73.7 Å². The van der Waals surface area contributed by atoms with Crippen LogP contribution in [-0.4, -0.2) is 23.9 Å². The summed E-state index contributed by atoms with van der Waals surface area (Å²) in [6.07, 6.45) is 6.41. The number of hydrogen-bond acceptors (Lipinski definition) is 8. The van der Waals surface area contributed by atoms with Crippen molar-refractivity contribution in [3.8, 4) is 12.1 Å². The average molecular weight is 556 g/mol. The minimum Gasteiger partial charge on any atom is -0.378 e. The highest BCUT2D eigenvalue weighted by Crippen LogP contribution is 2.38. The molecule has 1 aliphatic heterocycles. The number of halogens is 1. The van der Waals surface area contributed by atoms with Gasteiger partial charge in [0.15, 0.2) is 5.82 Å². The zero-order valence-corrected chi connectivity index (χ0v) is 23.4. The summed E-state index contributed by atoms with van der Waals surface area (Å²) in [6.45, 7) is 2.07. The van der Waals surface area contributed by atoms with Gasteiger partial charge in [-0.05, 0) is 54.7 Å². The molecule has 2 heterocycles. The highest BCUT2D eigenvalue weighted by atomic mass is 19.1. The Morgan fingerprint density at radius 2 is 1.93 bits per heavy atom. The molecule has 1 aromatic heterocycles. The molecule has 3 aromatic carbocycles. The molecular weight excluding hydrogens is 526 g/mol. The number of nitrogens with zero attached hydrogens (tertiary/aromatic N) is 4. The zero-order valence-electron chi connectivity index (χ0n) is 23.4. The van der Waals surface area contributed by atoms with Crippen molar-refractivity contribution < 1.29 is 4.39 Å².